The van der Waals surface area contributed by atoms with Crippen molar-refractivity contribution in [2.75, 3.05) is 26.7 Å². The van der Waals surface area contributed by atoms with Crippen molar-refractivity contribution in [3.05, 3.63) is 36.2 Å². The van der Waals surface area contributed by atoms with Gasteiger partial charge in [-0.3, -0.25) is 14.7 Å². The van der Waals surface area contributed by atoms with E-state index in [1.54, 1.807) is 11.9 Å². The number of aromatic amines is 1. The molecule has 1 aliphatic rings. The largest absolute Gasteiger partial charge is 0.342 e. The van der Waals surface area contributed by atoms with E-state index in [-0.39, 0.29) is 24.2 Å². The molecule has 0 saturated carbocycles. The number of benzene rings is 1. The normalized spacial score (nSPS) is 15.4. The van der Waals surface area contributed by atoms with E-state index < -0.39 is 0 Å². The Labute approximate surface area is 121 Å². The van der Waals surface area contributed by atoms with Gasteiger partial charge in [-0.05, 0) is 0 Å². The average molecular weight is 285 g/mol. The number of amides is 2. The van der Waals surface area contributed by atoms with Crippen LogP contribution in [0.4, 0.5) is 0 Å². The van der Waals surface area contributed by atoms with Gasteiger partial charge in [0.25, 0.3) is 5.91 Å². The van der Waals surface area contributed by atoms with Crippen LogP contribution in [0, 0.1) is 0 Å². The van der Waals surface area contributed by atoms with Crippen LogP contribution >= 0.6 is 0 Å². The Morgan fingerprint density at radius 3 is 2.71 bits per heavy atom. The summed E-state index contributed by atoms with van der Waals surface area (Å²) in [7, 11) is 1.73. The minimum Gasteiger partial charge on any atom is -0.342 e. The summed E-state index contributed by atoms with van der Waals surface area (Å²) in [5.74, 6) is 0.258. The van der Waals surface area contributed by atoms with E-state index in [1.165, 1.54) is 4.90 Å². The first-order valence-electron chi connectivity index (χ1n) is 6.66. The molecule has 7 heteroatoms. The molecule has 1 aromatic carbocycles. The number of carbonyl (C=O) groups is 2. The van der Waals surface area contributed by atoms with Crippen LogP contribution in [0.3, 0.4) is 0 Å². The van der Waals surface area contributed by atoms with Crippen molar-refractivity contribution in [1.29, 1.82) is 0 Å². The molecule has 2 amide bonds. The lowest BCUT2D eigenvalue weighted by molar-refractivity contribution is -0.133. The topological polar surface area (TPSA) is 82.2 Å². The fourth-order valence-electron chi connectivity index (χ4n) is 2.16. The number of likely N-dealkylation sites (N-methyl/N-ethyl adjacent to an activating group) is 1. The zero-order valence-corrected chi connectivity index (χ0v) is 11.6. The maximum absolute atomic E-state index is 12.3. The zero-order valence-electron chi connectivity index (χ0n) is 11.6. The summed E-state index contributed by atoms with van der Waals surface area (Å²) < 4.78 is 0. The van der Waals surface area contributed by atoms with E-state index >= 15 is 0 Å². The van der Waals surface area contributed by atoms with Gasteiger partial charge in [0.1, 0.15) is 6.54 Å². The minimum atomic E-state index is -0.300. The number of piperazine rings is 1. The summed E-state index contributed by atoms with van der Waals surface area (Å²) in [4.78, 5) is 31.3. The fraction of sp³-hybridized carbons (Fsp3) is 0.286. The first-order valence-corrected chi connectivity index (χ1v) is 6.66. The number of H-pyrrole nitrogens is 1. The summed E-state index contributed by atoms with van der Waals surface area (Å²) in [5.41, 5.74) is 0.835. The van der Waals surface area contributed by atoms with Gasteiger partial charge in [0, 0.05) is 25.7 Å². The average Bonchev–Trinajstić information content (AvgIpc) is 3.00. The molecular formula is C14H15N5O2. The Hall–Kier alpha value is -2.70. The summed E-state index contributed by atoms with van der Waals surface area (Å²) in [6.07, 6.45) is 0. The van der Waals surface area contributed by atoms with Crippen LogP contribution in [0.15, 0.2) is 30.3 Å². The van der Waals surface area contributed by atoms with Crippen LogP contribution in [0.25, 0.3) is 11.4 Å². The summed E-state index contributed by atoms with van der Waals surface area (Å²) in [6, 6.07) is 9.41. The van der Waals surface area contributed by atoms with Gasteiger partial charge in [0.15, 0.2) is 5.82 Å². The first-order chi connectivity index (χ1) is 10.1. The molecule has 3 rings (SSSR count). The fourth-order valence-corrected chi connectivity index (χ4v) is 2.16. The Morgan fingerprint density at radius 2 is 2.00 bits per heavy atom. The van der Waals surface area contributed by atoms with Crippen LogP contribution in [-0.2, 0) is 4.79 Å². The van der Waals surface area contributed by atoms with Gasteiger partial charge in [0.05, 0.1) is 0 Å². The van der Waals surface area contributed by atoms with Gasteiger partial charge in [-0.25, -0.2) is 4.98 Å². The summed E-state index contributed by atoms with van der Waals surface area (Å²) in [6.45, 7) is 1.11. The standard InChI is InChI=1S/C14H15N5O2/c1-18-7-8-19(9-11(18)20)14(21)13-15-12(16-17-13)10-5-3-2-4-6-10/h2-6H,7-9H2,1H3,(H,15,16,17). The highest BCUT2D eigenvalue weighted by Gasteiger charge is 2.27. The summed E-state index contributed by atoms with van der Waals surface area (Å²) in [5, 5.41) is 6.71. The first kappa shape index (κ1) is 13.3. The van der Waals surface area contributed by atoms with Crippen molar-refractivity contribution in [3.8, 4) is 11.4 Å². The predicted octanol–water partition coefficient (Wildman–Crippen LogP) is 0.386. The molecule has 21 heavy (non-hydrogen) atoms. The van der Waals surface area contributed by atoms with Crippen LogP contribution in [0.2, 0.25) is 0 Å². The van der Waals surface area contributed by atoms with Crippen LogP contribution < -0.4 is 0 Å². The molecule has 2 aromatic rings. The van der Waals surface area contributed by atoms with E-state index in [1.807, 2.05) is 30.3 Å². The van der Waals surface area contributed by atoms with E-state index in [0.717, 1.165) is 5.56 Å². The van der Waals surface area contributed by atoms with Gasteiger partial charge in [0.2, 0.25) is 11.7 Å². The quantitative estimate of drug-likeness (QED) is 0.865. The van der Waals surface area contributed by atoms with E-state index in [4.69, 9.17) is 0 Å². The lowest BCUT2D eigenvalue weighted by Crippen LogP contribution is -2.50. The number of hydrogen-bond donors (Lipinski definition) is 1. The molecule has 0 atom stereocenters. The molecule has 1 fully saturated rings. The Balaban J connectivity index is 1.77. The van der Waals surface area contributed by atoms with Gasteiger partial charge >= 0.3 is 0 Å². The van der Waals surface area contributed by atoms with E-state index in [9.17, 15) is 9.59 Å². The second kappa shape index (κ2) is 5.35. The number of rotatable bonds is 2. The monoisotopic (exact) mass is 285 g/mol. The van der Waals surface area contributed by atoms with Crippen molar-refractivity contribution < 1.29 is 9.59 Å². The highest BCUT2D eigenvalue weighted by atomic mass is 16.2. The molecule has 108 valence electrons. The number of hydrogen-bond acceptors (Lipinski definition) is 4. The van der Waals surface area contributed by atoms with Crippen molar-refractivity contribution in [1.82, 2.24) is 25.0 Å². The molecule has 7 nitrogen and oxygen atoms in total. The molecule has 2 heterocycles. The van der Waals surface area contributed by atoms with Gasteiger partial charge in [-0.15, -0.1) is 0 Å². The van der Waals surface area contributed by atoms with E-state index in [0.29, 0.717) is 18.9 Å². The molecule has 0 unspecified atom stereocenters. The van der Waals surface area contributed by atoms with Crippen molar-refractivity contribution in [2.24, 2.45) is 0 Å². The van der Waals surface area contributed by atoms with Gasteiger partial charge < -0.3 is 9.80 Å². The summed E-state index contributed by atoms with van der Waals surface area (Å²) >= 11 is 0. The predicted molar refractivity (Wildman–Crippen MR) is 75.4 cm³/mol. The molecule has 1 saturated heterocycles. The molecule has 0 radical (unpaired) electrons. The third kappa shape index (κ3) is 2.62. The Bertz CT molecular complexity index is 667. The van der Waals surface area contributed by atoms with Crippen molar-refractivity contribution >= 4 is 11.8 Å². The molecule has 1 aromatic heterocycles. The van der Waals surface area contributed by atoms with Crippen LogP contribution in [0.5, 0.6) is 0 Å². The lowest BCUT2D eigenvalue weighted by Gasteiger charge is -2.31. The van der Waals surface area contributed by atoms with Gasteiger partial charge in [-0.2, -0.15) is 5.10 Å². The maximum Gasteiger partial charge on any atom is 0.291 e. The molecule has 1 aliphatic heterocycles. The van der Waals surface area contributed by atoms with Gasteiger partial charge in [-0.1, -0.05) is 30.3 Å². The Morgan fingerprint density at radius 1 is 1.24 bits per heavy atom. The number of nitrogens with zero attached hydrogens (tertiary/aromatic N) is 4. The van der Waals surface area contributed by atoms with Crippen molar-refractivity contribution in [3.63, 3.8) is 0 Å². The van der Waals surface area contributed by atoms with Crippen molar-refractivity contribution in [2.45, 2.75) is 0 Å². The highest BCUT2D eigenvalue weighted by Crippen LogP contribution is 2.14. The van der Waals surface area contributed by atoms with Crippen LogP contribution in [-0.4, -0.2) is 63.5 Å². The lowest BCUT2D eigenvalue weighted by atomic mass is 10.2. The van der Waals surface area contributed by atoms with Crippen LogP contribution in [0.1, 0.15) is 10.6 Å². The second-order valence-corrected chi connectivity index (χ2v) is 4.92. The second-order valence-electron chi connectivity index (χ2n) is 4.92. The third-order valence-corrected chi connectivity index (χ3v) is 3.46. The minimum absolute atomic E-state index is 0.0719. The number of nitrogens with one attached hydrogen (secondary N) is 1. The van der Waals surface area contributed by atoms with E-state index in [2.05, 4.69) is 15.2 Å². The maximum atomic E-state index is 12.3. The molecule has 1 N–H and O–H groups in total. The zero-order chi connectivity index (χ0) is 14.8. The smallest absolute Gasteiger partial charge is 0.291 e. The number of carbonyl (C=O) groups excluding carboxylic acids is 2. The highest BCUT2D eigenvalue weighted by molar-refractivity contribution is 5.94. The Kier molecular flexibility index (Phi) is 3.39. The molecule has 0 spiro atoms. The SMILES string of the molecule is CN1CCN(C(=O)c2nc(-c3ccccc3)n[nH]2)CC1=O. The molecule has 0 bridgehead atoms. The third-order valence-electron chi connectivity index (χ3n) is 3.46. The number of aromatic nitrogens is 3. The molecule has 0 aliphatic carbocycles. The molecular weight excluding hydrogens is 270 g/mol.